The van der Waals surface area contributed by atoms with Crippen molar-refractivity contribution in [3.05, 3.63) is 83.1 Å². The molecule has 0 radical (unpaired) electrons. The zero-order valence-electron chi connectivity index (χ0n) is 20.5. The van der Waals surface area contributed by atoms with Crippen LogP contribution in [0.4, 0.5) is 5.69 Å². The van der Waals surface area contributed by atoms with Gasteiger partial charge in [0.05, 0.1) is 21.7 Å². The normalized spacial score (nSPS) is 18.8. The Labute approximate surface area is 223 Å². The number of fused-ring (bicyclic) bond motifs is 2. The second-order valence-electron chi connectivity index (χ2n) is 8.90. The van der Waals surface area contributed by atoms with Crippen LogP contribution in [-0.4, -0.2) is 56.1 Å². The van der Waals surface area contributed by atoms with Crippen LogP contribution in [0.3, 0.4) is 0 Å². The molecule has 0 saturated carbocycles. The zero-order chi connectivity index (χ0) is 27.2. The van der Waals surface area contributed by atoms with Crippen molar-refractivity contribution < 1.29 is 25.9 Å². The smallest absolute Gasteiger partial charge is 0.294 e. The molecule has 3 N–H and O–H groups in total. The molecule has 5 rings (SSSR count). The van der Waals surface area contributed by atoms with Gasteiger partial charge in [-0.2, -0.15) is 16.8 Å². The number of benzene rings is 2. The van der Waals surface area contributed by atoms with E-state index < -0.39 is 20.2 Å². The van der Waals surface area contributed by atoms with E-state index in [1.165, 1.54) is 42.8 Å². The van der Waals surface area contributed by atoms with Crippen molar-refractivity contribution >= 4 is 37.5 Å². The highest BCUT2D eigenvalue weighted by atomic mass is 35.5. The summed E-state index contributed by atoms with van der Waals surface area (Å²) in [7, 11) is -8.04. The summed E-state index contributed by atoms with van der Waals surface area (Å²) < 4.78 is 59.1. The fourth-order valence-electron chi connectivity index (χ4n) is 4.07. The van der Waals surface area contributed by atoms with Crippen molar-refractivity contribution in [3.8, 4) is 0 Å². The molecule has 2 aliphatic heterocycles. The number of anilines is 1. The molecule has 0 aliphatic carbocycles. The summed E-state index contributed by atoms with van der Waals surface area (Å²) >= 11 is 5.79. The lowest BCUT2D eigenvalue weighted by Crippen LogP contribution is -2.35. The predicted octanol–water partition coefficient (Wildman–Crippen LogP) is 4.16. The summed E-state index contributed by atoms with van der Waals surface area (Å²) in [4.78, 5) is 6.46. The lowest BCUT2D eigenvalue weighted by molar-refractivity contribution is 0.449. The molecule has 37 heavy (non-hydrogen) atoms. The first kappa shape index (κ1) is 29.0. The van der Waals surface area contributed by atoms with Crippen LogP contribution >= 0.6 is 11.6 Å². The van der Waals surface area contributed by atoms with E-state index in [2.05, 4.69) is 21.3 Å². The molecule has 3 aromatic rings. The first-order valence-electron chi connectivity index (χ1n) is 11.5. The van der Waals surface area contributed by atoms with Gasteiger partial charge >= 0.3 is 0 Å². The highest BCUT2D eigenvalue weighted by molar-refractivity contribution is 7.86. The van der Waals surface area contributed by atoms with Crippen LogP contribution in [-0.2, 0) is 20.2 Å². The molecule has 12 heteroatoms. The Bertz CT molecular complexity index is 1310. The predicted molar refractivity (Wildman–Crippen MR) is 143 cm³/mol. The van der Waals surface area contributed by atoms with Crippen LogP contribution in [0.1, 0.15) is 24.0 Å². The van der Waals surface area contributed by atoms with Gasteiger partial charge in [0.2, 0.25) is 0 Å². The molecule has 2 atom stereocenters. The van der Waals surface area contributed by atoms with Gasteiger partial charge in [-0.15, -0.1) is 0 Å². The van der Waals surface area contributed by atoms with E-state index in [4.69, 9.17) is 20.7 Å². The van der Waals surface area contributed by atoms with Crippen molar-refractivity contribution in [2.75, 3.05) is 18.0 Å². The van der Waals surface area contributed by atoms with Crippen molar-refractivity contribution in [3.63, 3.8) is 0 Å². The molecule has 0 amide bonds. The first-order chi connectivity index (χ1) is 17.3. The number of halogens is 1. The molecular formula is C25H30ClN3O6S2. The van der Waals surface area contributed by atoms with Gasteiger partial charge < -0.3 is 10.2 Å². The van der Waals surface area contributed by atoms with Crippen molar-refractivity contribution in [2.24, 2.45) is 0 Å². The number of piperidine rings is 1. The molecule has 0 spiro atoms. The fourth-order valence-corrected chi connectivity index (χ4v) is 5.14. The number of pyridine rings is 1. The Hall–Kier alpha value is -2.54. The van der Waals surface area contributed by atoms with Gasteiger partial charge in [-0.25, -0.2) is 4.98 Å². The standard InChI is InChI=1S/C11H14ClN3.2C7H8O3S/c12-11-2-1-10(6-14-11)15-7-8-5-9(15)3-4-13-8;2*1-6-2-4-7(5-3-6)11(8,9)10/h1-2,6,8-9,13H,3-5,7H2;2*2-5H,1H3,(H,8,9,10)/t8-,9+;;/m1../s1. The van der Waals surface area contributed by atoms with Crippen LogP contribution < -0.4 is 10.2 Å². The summed E-state index contributed by atoms with van der Waals surface area (Å²) in [6.45, 7) is 5.93. The Kier molecular flexibility index (Phi) is 9.68. The number of nitrogens with one attached hydrogen (secondary N) is 1. The molecule has 2 bridgehead atoms. The fraction of sp³-hybridized carbons (Fsp3) is 0.320. The highest BCUT2D eigenvalue weighted by Crippen LogP contribution is 2.29. The zero-order valence-corrected chi connectivity index (χ0v) is 22.8. The maximum Gasteiger partial charge on any atom is 0.294 e. The van der Waals surface area contributed by atoms with E-state index in [0.29, 0.717) is 17.2 Å². The lowest BCUT2D eigenvalue weighted by atomic mass is 10.1. The molecule has 2 saturated heterocycles. The third kappa shape index (κ3) is 8.77. The van der Waals surface area contributed by atoms with Crippen molar-refractivity contribution in [1.29, 1.82) is 0 Å². The SMILES string of the molecule is Cc1ccc(S(=O)(=O)O)cc1.Cc1ccc(S(=O)(=O)O)cc1.Clc1ccc(N2C[C@H]3C[C@@H]2CCN3)cn1. The molecule has 3 heterocycles. The average Bonchev–Trinajstić information content (AvgIpc) is 3.13. The Morgan fingerprint density at radius 2 is 1.38 bits per heavy atom. The minimum absolute atomic E-state index is 0.0666. The third-order valence-corrected chi connectivity index (χ3v) is 7.97. The molecule has 200 valence electrons. The van der Waals surface area contributed by atoms with Crippen LogP contribution in [0.15, 0.2) is 76.7 Å². The van der Waals surface area contributed by atoms with E-state index in [9.17, 15) is 16.8 Å². The number of nitrogens with zero attached hydrogens (tertiary/aromatic N) is 2. The first-order valence-corrected chi connectivity index (χ1v) is 14.8. The van der Waals surface area contributed by atoms with Crippen molar-refractivity contribution in [2.45, 2.75) is 48.6 Å². The van der Waals surface area contributed by atoms with Gasteiger partial charge in [0.15, 0.2) is 0 Å². The van der Waals surface area contributed by atoms with Crippen molar-refractivity contribution in [1.82, 2.24) is 10.3 Å². The van der Waals surface area contributed by atoms with E-state index in [-0.39, 0.29) is 9.79 Å². The maximum absolute atomic E-state index is 10.5. The maximum atomic E-state index is 10.5. The largest absolute Gasteiger partial charge is 0.366 e. The average molecular weight is 568 g/mol. The number of aromatic nitrogens is 1. The number of rotatable bonds is 3. The van der Waals surface area contributed by atoms with Gasteiger partial charge in [-0.05, 0) is 69.6 Å². The van der Waals surface area contributed by atoms with E-state index in [1.807, 2.05) is 26.1 Å². The molecule has 2 aromatic carbocycles. The summed E-state index contributed by atoms with van der Waals surface area (Å²) in [5.41, 5.74) is 3.12. The second-order valence-corrected chi connectivity index (χ2v) is 12.1. The molecule has 9 nitrogen and oxygen atoms in total. The topological polar surface area (TPSA) is 137 Å². The summed E-state index contributed by atoms with van der Waals surface area (Å²) in [6.07, 6.45) is 4.38. The molecular weight excluding hydrogens is 538 g/mol. The Balaban J connectivity index is 0.000000158. The summed E-state index contributed by atoms with van der Waals surface area (Å²) in [6, 6.07) is 17.3. The van der Waals surface area contributed by atoms with Gasteiger partial charge in [0, 0.05) is 18.6 Å². The molecule has 1 aromatic heterocycles. The van der Waals surface area contributed by atoms with Crippen LogP contribution in [0.25, 0.3) is 0 Å². The van der Waals surface area contributed by atoms with Gasteiger partial charge in [0.1, 0.15) is 5.15 Å². The van der Waals surface area contributed by atoms with E-state index in [1.54, 1.807) is 24.3 Å². The van der Waals surface area contributed by atoms with Crippen LogP contribution in [0.5, 0.6) is 0 Å². The monoisotopic (exact) mass is 567 g/mol. The summed E-state index contributed by atoms with van der Waals surface area (Å²) in [5, 5.41) is 4.10. The Morgan fingerprint density at radius 3 is 1.78 bits per heavy atom. The molecule has 2 fully saturated rings. The van der Waals surface area contributed by atoms with Gasteiger partial charge in [-0.1, -0.05) is 47.0 Å². The number of hydrogen-bond acceptors (Lipinski definition) is 7. The van der Waals surface area contributed by atoms with Gasteiger partial charge in [0.25, 0.3) is 20.2 Å². The Morgan fingerprint density at radius 1 is 0.865 bits per heavy atom. The third-order valence-electron chi connectivity index (χ3n) is 6.01. The number of hydrogen-bond donors (Lipinski definition) is 3. The minimum atomic E-state index is -4.02. The van der Waals surface area contributed by atoms with E-state index in [0.717, 1.165) is 24.2 Å². The molecule has 0 unspecified atom stereocenters. The highest BCUT2D eigenvalue weighted by Gasteiger charge is 2.34. The lowest BCUT2D eigenvalue weighted by Gasteiger charge is -2.26. The van der Waals surface area contributed by atoms with Crippen LogP contribution in [0, 0.1) is 13.8 Å². The van der Waals surface area contributed by atoms with Crippen LogP contribution in [0.2, 0.25) is 5.15 Å². The minimum Gasteiger partial charge on any atom is -0.366 e. The molecule has 2 aliphatic rings. The quantitative estimate of drug-likeness (QED) is 0.314. The number of aryl methyl sites for hydroxylation is 2. The van der Waals surface area contributed by atoms with Gasteiger partial charge in [-0.3, -0.25) is 9.11 Å². The van der Waals surface area contributed by atoms with E-state index >= 15 is 0 Å². The second kappa shape index (κ2) is 12.3. The summed E-state index contributed by atoms with van der Waals surface area (Å²) in [5.74, 6) is 0.